The third-order valence-electron chi connectivity index (χ3n) is 6.67. The minimum Gasteiger partial charge on any atom is -0.467 e. The topological polar surface area (TPSA) is 61.2 Å². The summed E-state index contributed by atoms with van der Waals surface area (Å²) in [5.41, 5.74) is 12.3. The van der Waals surface area contributed by atoms with E-state index >= 15 is 0 Å². The second-order valence-corrected chi connectivity index (χ2v) is 9.59. The van der Waals surface area contributed by atoms with E-state index in [1.165, 1.54) is 17.5 Å². The van der Waals surface area contributed by atoms with Crippen LogP contribution in [0.4, 0.5) is 0 Å². The van der Waals surface area contributed by atoms with Gasteiger partial charge in [0.05, 0.1) is 18.4 Å². The van der Waals surface area contributed by atoms with Gasteiger partial charge in [0.25, 0.3) is 5.91 Å². The SMILES string of the molecule is Cc1c(C(N)=O)cc(-c2ccc3c(c2)C(C)(C)CCC3(C)C)n1Cc1ccco1. The fraction of sp³-hybridized carbons (Fsp3) is 0.400. The number of benzene rings is 1. The zero-order chi connectivity index (χ0) is 21.0. The molecule has 0 saturated heterocycles. The second kappa shape index (κ2) is 6.65. The molecular formula is C25H30N2O2. The van der Waals surface area contributed by atoms with Gasteiger partial charge in [0, 0.05) is 11.4 Å². The van der Waals surface area contributed by atoms with Crippen LogP contribution in [0.25, 0.3) is 11.3 Å². The van der Waals surface area contributed by atoms with Gasteiger partial charge in [0.1, 0.15) is 5.76 Å². The molecule has 3 aromatic rings. The Morgan fingerprint density at radius 1 is 1.07 bits per heavy atom. The van der Waals surface area contributed by atoms with Crippen molar-refractivity contribution in [1.29, 1.82) is 0 Å². The van der Waals surface area contributed by atoms with Gasteiger partial charge < -0.3 is 14.7 Å². The van der Waals surface area contributed by atoms with E-state index in [2.05, 4.69) is 50.5 Å². The lowest BCUT2D eigenvalue weighted by atomic mass is 9.63. The molecule has 2 aromatic heterocycles. The van der Waals surface area contributed by atoms with E-state index in [0.29, 0.717) is 12.1 Å². The molecule has 1 aliphatic carbocycles. The van der Waals surface area contributed by atoms with Gasteiger partial charge in [-0.3, -0.25) is 4.79 Å². The number of hydrogen-bond donors (Lipinski definition) is 1. The highest BCUT2D eigenvalue weighted by molar-refractivity contribution is 5.95. The molecule has 1 amide bonds. The van der Waals surface area contributed by atoms with E-state index in [1.54, 1.807) is 6.26 Å². The highest BCUT2D eigenvalue weighted by atomic mass is 16.3. The number of carbonyl (C=O) groups excluding carboxylic acids is 1. The first-order valence-corrected chi connectivity index (χ1v) is 10.3. The predicted molar refractivity (Wildman–Crippen MR) is 116 cm³/mol. The highest BCUT2D eigenvalue weighted by Crippen LogP contribution is 2.47. The van der Waals surface area contributed by atoms with Crippen LogP contribution < -0.4 is 5.73 Å². The Morgan fingerprint density at radius 2 is 1.76 bits per heavy atom. The Balaban J connectivity index is 1.89. The zero-order valence-corrected chi connectivity index (χ0v) is 18.0. The van der Waals surface area contributed by atoms with Crippen LogP contribution in [0.2, 0.25) is 0 Å². The van der Waals surface area contributed by atoms with E-state index in [1.807, 2.05) is 25.1 Å². The van der Waals surface area contributed by atoms with Crippen LogP contribution in [0.15, 0.2) is 47.1 Å². The summed E-state index contributed by atoms with van der Waals surface area (Å²) in [4.78, 5) is 12.0. The average Bonchev–Trinajstić information content (AvgIpc) is 3.28. The lowest BCUT2D eigenvalue weighted by Crippen LogP contribution is -2.33. The summed E-state index contributed by atoms with van der Waals surface area (Å²) < 4.78 is 7.69. The molecule has 152 valence electrons. The van der Waals surface area contributed by atoms with E-state index in [-0.39, 0.29) is 10.8 Å². The molecule has 4 heteroatoms. The molecule has 2 N–H and O–H groups in total. The van der Waals surface area contributed by atoms with Crippen molar-refractivity contribution in [2.24, 2.45) is 5.73 Å². The van der Waals surface area contributed by atoms with Gasteiger partial charge in [-0.25, -0.2) is 0 Å². The van der Waals surface area contributed by atoms with E-state index in [0.717, 1.165) is 29.1 Å². The van der Waals surface area contributed by atoms with E-state index in [9.17, 15) is 4.79 Å². The molecule has 0 atom stereocenters. The number of hydrogen-bond acceptors (Lipinski definition) is 2. The second-order valence-electron chi connectivity index (χ2n) is 9.59. The highest BCUT2D eigenvalue weighted by Gasteiger charge is 2.37. The third kappa shape index (κ3) is 3.31. The van der Waals surface area contributed by atoms with Crippen molar-refractivity contribution in [2.75, 3.05) is 0 Å². The Kier molecular flexibility index (Phi) is 4.49. The first-order chi connectivity index (χ1) is 13.6. The van der Waals surface area contributed by atoms with E-state index in [4.69, 9.17) is 10.2 Å². The molecule has 0 fully saturated rings. The molecule has 0 radical (unpaired) electrons. The maximum absolute atomic E-state index is 12.0. The molecule has 0 aliphatic heterocycles. The fourth-order valence-electron chi connectivity index (χ4n) is 4.64. The molecular weight excluding hydrogens is 360 g/mol. The Labute approximate surface area is 172 Å². The summed E-state index contributed by atoms with van der Waals surface area (Å²) in [6.07, 6.45) is 4.02. The third-order valence-corrected chi connectivity index (χ3v) is 6.67. The minimum atomic E-state index is -0.402. The van der Waals surface area contributed by atoms with Crippen molar-refractivity contribution in [2.45, 2.75) is 64.8 Å². The molecule has 0 spiro atoms. The van der Waals surface area contributed by atoms with Crippen molar-refractivity contribution in [1.82, 2.24) is 4.57 Å². The van der Waals surface area contributed by atoms with Crippen molar-refractivity contribution in [3.63, 3.8) is 0 Å². The van der Waals surface area contributed by atoms with Gasteiger partial charge in [-0.05, 0) is 71.6 Å². The number of nitrogens with two attached hydrogens (primary N) is 1. The van der Waals surface area contributed by atoms with Crippen LogP contribution in [0, 0.1) is 6.92 Å². The van der Waals surface area contributed by atoms with Gasteiger partial charge in [-0.1, -0.05) is 39.8 Å². The molecule has 0 bridgehead atoms. The van der Waals surface area contributed by atoms with Gasteiger partial charge in [-0.2, -0.15) is 0 Å². The summed E-state index contributed by atoms with van der Waals surface area (Å²) >= 11 is 0. The summed E-state index contributed by atoms with van der Waals surface area (Å²) in [5.74, 6) is 0.446. The lowest BCUT2D eigenvalue weighted by Gasteiger charge is -2.42. The largest absolute Gasteiger partial charge is 0.467 e. The number of primary amides is 1. The number of fused-ring (bicyclic) bond motifs is 1. The Morgan fingerprint density at radius 3 is 2.38 bits per heavy atom. The summed E-state index contributed by atoms with van der Waals surface area (Å²) in [7, 11) is 0. The molecule has 2 heterocycles. The summed E-state index contributed by atoms with van der Waals surface area (Å²) in [6, 6.07) is 12.5. The first kappa shape index (κ1) is 19.6. The van der Waals surface area contributed by atoms with Crippen molar-refractivity contribution >= 4 is 5.91 Å². The van der Waals surface area contributed by atoms with Crippen LogP contribution in [0.1, 0.15) is 73.5 Å². The number of aromatic nitrogens is 1. The number of amides is 1. The van der Waals surface area contributed by atoms with Gasteiger partial charge in [-0.15, -0.1) is 0 Å². The van der Waals surface area contributed by atoms with Crippen LogP contribution in [0.5, 0.6) is 0 Å². The molecule has 1 aromatic carbocycles. The molecule has 4 rings (SSSR count). The van der Waals surface area contributed by atoms with Crippen molar-refractivity contribution < 1.29 is 9.21 Å². The maximum atomic E-state index is 12.0. The van der Waals surface area contributed by atoms with Crippen LogP contribution in [-0.2, 0) is 17.4 Å². The molecule has 29 heavy (non-hydrogen) atoms. The first-order valence-electron chi connectivity index (χ1n) is 10.3. The van der Waals surface area contributed by atoms with Crippen LogP contribution in [0.3, 0.4) is 0 Å². The van der Waals surface area contributed by atoms with Crippen LogP contribution >= 0.6 is 0 Å². The minimum absolute atomic E-state index is 0.126. The summed E-state index contributed by atoms with van der Waals surface area (Å²) in [6.45, 7) is 11.8. The van der Waals surface area contributed by atoms with E-state index < -0.39 is 5.91 Å². The van der Waals surface area contributed by atoms with Gasteiger partial charge in [0.15, 0.2) is 0 Å². The van der Waals surface area contributed by atoms with Gasteiger partial charge >= 0.3 is 0 Å². The Hall–Kier alpha value is -2.75. The molecule has 0 saturated carbocycles. The maximum Gasteiger partial charge on any atom is 0.250 e. The summed E-state index contributed by atoms with van der Waals surface area (Å²) in [5, 5.41) is 0. The molecule has 0 unspecified atom stereocenters. The smallest absolute Gasteiger partial charge is 0.250 e. The fourth-order valence-corrected chi connectivity index (χ4v) is 4.64. The molecule has 1 aliphatic rings. The zero-order valence-electron chi connectivity index (χ0n) is 18.0. The predicted octanol–water partition coefficient (Wildman–Crippen LogP) is 5.55. The monoisotopic (exact) mass is 390 g/mol. The number of nitrogens with zero attached hydrogens (tertiary/aromatic N) is 1. The lowest BCUT2D eigenvalue weighted by molar-refractivity contribution is 0.0999. The van der Waals surface area contributed by atoms with Crippen LogP contribution in [-0.4, -0.2) is 10.5 Å². The molecule has 4 nitrogen and oxygen atoms in total. The van der Waals surface area contributed by atoms with Crippen molar-refractivity contribution in [3.05, 3.63) is 70.8 Å². The normalized spacial score (nSPS) is 17.1. The van der Waals surface area contributed by atoms with Crippen molar-refractivity contribution in [3.8, 4) is 11.3 Å². The Bertz CT molecular complexity index is 1070. The van der Waals surface area contributed by atoms with Gasteiger partial charge in [0.2, 0.25) is 0 Å². The number of carbonyl (C=O) groups is 1. The average molecular weight is 391 g/mol. The quantitative estimate of drug-likeness (QED) is 0.634. The number of furan rings is 1. The number of rotatable bonds is 4. The standard InChI is InChI=1S/C25H30N2O2/c1-16-19(23(26)28)14-22(27(16)15-18-7-6-12-29-18)17-8-9-20-21(13-17)25(4,5)11-10-24(20,2)3/h6-9,12-14H,10-11,15H2,1-5H3,(H2,26,28).